The lowest BCUT2D eigenvalue weighted by Crippen LogP contribution is -1.98. The molecule has 0 fully saturated rings. The number of furan rings is 1. The largest absolute Gasteiger partial charge is 0.506 e. The molecule has 0 radical (unpaired) electrons. The highest BCUT2D eigenvalue weighted by atomic mass is 16.4. The Labute approximate surface area is 406 Å². The highest BCUT2D eigenvalue weighted by Crippen LogP contribution is 2.70. The number of phenolic OH excluding ortho intramolecular Hbond substituents is 28. The molecular formula is C46H28O29. The Morgan fingerprint density at radius 2 is 0.320 bits per heavy atom. The van der Waals surface area contributed by atoms with Crippen LogP contribution in [0.5, 0.6) is 161 Å². The van der Waals surface area contributed by atoms with Crippen molar-refractivity contribution >= 4 is 65.0 Å². The summed E-state index contributed by atoms with van der Waals surface area (Å²) < 4.78 is 5.46. The van der Waals surface area contributed by atoms with Crippen molar-refractivity contribution in [1.29, 1.82) is 0 Å². The maximum absolute atomic E-state index is 12.4. The van der Waals surface area contributed by atoms with Crippen molar-refractivity contribution in [3.63, 3.8) is 0 Å². The first kappa shape index (κ1) is 46.9. The number of hydrogen-bond acceptors (Lipinski definition) is 29. The molecule has 0 aliphatic heterocycles. The Morgan fingerprint density at radius 3 is 0.693 bits per heavy atom. The number of aromatic hydroxyl groups is 28. The topological polar surface area (TPSA) is 580 Å². The van der Waals surface area contributed by atoms with Crippen molar-refractivity contribution in [2.24, 2.45) is 0 Å². The van der Waals surface area contributed by atoms with Gasteiger partial charge in [-0.3, -0.25) is 0 Å². The van der Waals surface area contributed by atoms with Crippen LogP contribution in [0.3, 0.4) is 0 Å². The van der Waals surface area contributed by atoms with Gasteiger partial charge in [-0.2, -0.15) is 0 Å². The number of hydrogen-bond donors (Lipinski definition) is 28. The van der Waals surface area contributed by atoms with Crippen LogP contribution in [0.4, 0.5) is 0 Å². The molecule has 29 nitrogen and oxygen atoms in total. The third kappa shape index (κ3) is 5.20. The second-order valence-corrected chi connectivity index (χ2v) is 16.5. The molecule has 0 saturated carbocycles. The minimum Gasteiger partial charge on any atom is -0.506 e. The molecule has 0 saturated heterocycles. The summed E-state index contributed by atoms with van der Waals surface area (Å²) in [6, 6.07) is 0. The fourth-order valence-electron chi connectivity index (χ4n) is 9.51. The van der Waals surface area contributed by atoms with E-state index in [4.69, 9.17) is 4.42 Å². The van der Waals surface area contributed by atoms with Gasteiger partial charge in [0.2, 0.25) is 74.7 Å². The first-order chi connectivity index (χ1) is 35.0. The van der Waals surface area contributed by atoms with Gasteiger partial charge < -0.3 is 147 Å². The Morgan fingerprint density at radius 1 is 0.120 bits per heavy atom. The molecule has 10 rings (SSSR count). The van der Waals surface area contributed by atoms with E-state index in [9.17, 15) is 143 Å². The standard InChI is InChI=1S/C46H28O29/c47-17-13(30(60)44(74)46-16(17)12-11-15(31(61)43(73)45(12)75-46)29(59)39(69)38(68)26(11)56)2-6-3(20(50)32(62)34(64)22(6)52)1(4-7(2)23(53)35(65)33(63)21(4)51)5-8-9(25(55)37(67)36(66)24(8)54)10(19(49)18(5)48)14-27(57)40(70)42(72)41(71)28(14)58/h47-74H. The minimum absolute atomic E-state index is 0.976. The molecule has 0 bridgehead atoms. The van der Waals surface area contributed by atoms with Gasteiger partial charge in [0.1, 0.15) is 5.75 Å². The van der Waals surface area contributed by atoms with Crippen LogP contribution >= 0.6 is 0 Å². The molecule has 75 heavy (non-hydrogen) atoms. The van der Waals surface area contributed by atoms with E-state index >= 15 is 0 Å². The van der Waals surface area contributed by atoms with Crippen LogP contribution in [0.1, 0.15) is 0 Å². The van der Waals surface area contributed by atoms with Gasteiger partial charge in [-0.25, -0.2) is 0 Å². The lowest BCUT2D eigenvalue weighted by atomic mass is 9.80. The molecule has 0 aliphatic rings. The van der Waals surface area contributed by atoms with E-state index in [1.54, 1.807) is 0 Å². The number of phenols is 28. The second-order valence-electron chi connectivity index (χ2n) is 16.5. The summed E-state index contributed by atoms with van der Waals surface area (Å²) in [7, 11) is 0. The van der Waals surface area contributed by atoms with E-state index in [0.29, 0.717) is 0 Å². The zero-order chi connectivity index (χ0) is 55.3. The van der Waals surface area contributed by atoms with Crippen LogP contribution in [0.25, 0.3) is 98.4 Å². The molecule has 0 unspecified atom stereocenters. The Bertz CT molecular complexity index is 4330. The monoisotopic (exact) mass is 1040 g/mol. The van der Waals surface area contributed by atoms with Crippen molar-refractivity contribution in [2.75, 3.05) is 0 Å². The highest BCUT2D eigenvalue weighted by molar-refractivity contribution is 6.35. The van der Waals surface area contributed by atoms with Gasteiger partial charge in [0.05, 0.1) is 21.9 Å². The third-order valence-corrected chi connectivity index (χ3v) is 12.9. The van der Waals surface area contributed by atoms with Crippen LogP contribution in [-0.2, 0) is 0 Å². The normalized spacial score (nSPS) is 11.9. The summed E-state index contributed by atoms with van der Waals surface area (Å²) in [5.41, 5.74) is -11.2. The van der Waals surface area contributed by atoms with E-state index in [0.717, 1.165) is 0 Å². The molecule has 0 aliphatic carbocycles. The van der Waals surface area contributed by atoms with Crippen LogP contribution in [0.15, 0.2) is 4.42 Å². The molecule has 0 spiro atoms. The van der Waals surface area contributed by atoms with Gasteiger partial charge in [-0.1, -0.05) is 0 Å². The molecule has 1 aromatic heterocycles. The van der Waals surface area contributed by atoms with E-state index in [2.05, 4.69) is 0 Å². The molecule has 28 N–H and O–H groups in total. The summed E-state index contributed by atoms with van der Waals surface area (Å²) in [4.78, 5) is 0. The van der Waals surface area contributed by atoms with Crippen molar-refractivity contribution in [1.82, 2.24) is 0 Å². The first-order valence-corrected chi connectivity index (χ1v) is 20.2. The Kier molecular flexibility index (Phi) is 9.01. The van der Waals surface area contributed by atoms with E-state index in [1.807, 2.05) is 0 Å². The van der Waals surface area contributed by atoms with Crippen molar-refractivity contribution in [3.05, 3.63) is 0 Å². The van der Waals surface area contributed by atoms with Crippen LogP contribution in [0.2, 0.25) is 0 Å². The number of rotatable bonds is 3. The molecule has 0 atom stereocenters. The molecule has 386 valence electrons. The minimum atomic E-state index is -1.92. The summed E-state index contributed by atoms with van der Waals surface area (Å²) in [6.45, 7) is 0. The smallest absolute Gasteiger partial charge is 0.208 e. The lowest BCUT2D eigenvalue weighted by molar-refractivity contribution is 0.329. The predicted octanol–water partition coefficient (Wildman–Crippen LogP) is 4.96. The maximum atomic E-state index is 12.4. The van der Waals surface area contributed by atoms with Gasteiger partial charge in [-0.05, 0) is 0 Å². The number of benzene rings is 9. The molecule has 29 heteroatoms. The van der Waals surface area contributed by atoms with Gasteiger partial charge in [0, 0.05) is 65.3 Å². The van der Waals surface area contributed by atoms with Crippen LogP contribution in [-0.4, -0.2) is 143 Å². The van der Waals surface area contributed by atoms with Gasteiger partial charge in [-0.15, -0.1) is 0 Å². The average molecular weight is 1040 g/mol. The van der Waals surface area contributed by atoms with E-state index < -0.39 is 259 Å². The highest BCUT2D eigenvalue weighted by Gasteiger charge is 2.41. The average Bonchev–Trinajstić information content (AvgIpc) is 3.79. The van der Waals surface area contributed by atoms with Gasteiger partial charge in [0.25, 0.3) is 0 Å². The molecular weight excluding hydrogens is 1020 g/mol. The van der Waals surface area contributed by atoms with Crippen molar-refractivity contribution in [2.45, 2.75) is 0 Å². The quantitative estimate of drug-likeness (QED) is 0.0631. The third-order valence-electron chi connectivity index (χ3n) is 12.9. The summed E-state index contributed by atoms with van der Waals surface area (Å²) >= 11 is 0. The van der Waals surface area contributed by atoms with Crippen LogP contribution < -0.4 is 0 Å². The van der Waals surface area contributed by atoms with E-state index in [1.165, 1.54) is 0 Å². The zero-order valence-electron chi connectivity index (χ0n) is 35.9. The Hall–Kier alpha value is -11.8. The number of fused-ring (bicyclic) bond motifs is 8. The van der Waals surface area contributed by atoms with Gasteiger partial charge in [0.15, 0.2) is 91.7 Å². The molecule has 9 aromatic carbocycles. The fraction of sp³-hybridized carbons (Fsp3) is 0. The molecule has 10 aromatic rings. The SMILES string of the molecule is Oc1c(O)c(O)c(-c2c(O)c(O)c(-c3c4c(O)c(O)c(O)c(O)c4c(-c4c(O)c(O)c5oc6c(O)c(O)c7c(O)c(O)c(O)c(O)c7c6c5c4O)c4c(O)c(O)c(O)c(O)c34)c3c(O)c(O)c(O)c(O)c23)c(O)c1O. The van der Waals surface area contributed by atoms with Crippen LogP contribution in [0, 0.1) is 0 Å². The fourth-order valence-corrected chi connectivity index (χ4v) is 9.51. The van der Waals surface area contributed by atoms with Crippen molar-refractivity contribution in [3.8, 4) is 194 Å². The molecule has 0 amide bonds. The maximum Gasteiger partial charge on any atom is 0.208 e. The predicted molar refractivity (Wildman–Crippen MR) is 247 cm³/mol. The second kappa shape index (κ2) is 14.4. The summed E-state index contributed by atoms with van der Waals surface area (Å²) in [6.07, 6.45) is 0. The Balaban J connectivity index is 1.55. The van der Waals surface area contributed by atoms with Gasteiger partial charge >= 0.3 is 0 Å². The first-order valence-electron chi connectivity index (χ1n) is 20.2. The molecule has 1 heterocycles. The summed E-state index contributed by atoms with van der Waals surface area (Å²) in [5, 5.41) is 302. The van der Waals surface area contributed by atoms with Crippen molar-refractivity contribution < 1.29 is 147 Å². The van der Waals surface area contributed by atoms with E-state index in [-0.39, 0.29) is 0 Å². The lowest BCUT2D eigenvalue weighted by Gasteiger charge is -2.25. The summed E-state index contributed by atoms with van der Waals surface area (Å²) in [5.74, 6) is -47.8. The zero-order valence-corrected chi connectivity index (χ0v) is 35.9.